The van der Waals surface area contributed by atoms with Crippen LogP contribution < -0.4 is 4.90 Å². The zero-order chi connectivity index (χ0) is 10.7. The minimum atomic E-state index is -0.168. The highest BCUT2D eigenvalue weighted by molar-refractivity contribution is 9.09. The van der Waals surface area contributed by atoms with Crippen molar-refractivity contribution in [2.75, 3.05) is 24.3 Å². The summed E-state index contributed by atoms with van der Waals surface area (Å²) in [5, 5.41) is 0.845. The van der Waals surface area contributed by atoms with Gasteiger partial charge < -0.3 is 4.90 Å². The van der Waals surface area contributed by atoms with Gasteiger partial charge in [0.25, 0.3) is 0 Å². The minimum absolute atomic E-state index is 0.168. The molecule has 1 atom stereocenters. The standard InChI is InChI=1S/C11H15BrFN/c1-8(7-12)10-6-9(13)4-5-11(10)14(2)3/h4-6,8H,7H2,1-3H3. The lowest BCUT2D eigenvalue weighted by Crippen LogP contribution is -2.13. The van der Waals surface area contributed by atoms with E-state index in [4.69, 9.17) is 0 Å². The van der Waals surface area contributed by atoms with Gasteiger partial charge in [-0.25, -0.2) is 4.39 Å². The fraction of sp³-hybridized carbons (Fsp3) is 0.455. The van der Waals surface area contributed by atoms with E-state index in [2.05, 4.69) is 22.9 Å². The largest absolute Gasteiger partial charge is 0.377 e. The SMILES string of the molecule is CC(CBr)c1cc(F)ccc1N(C)C. The molecule has 0 aliphatic carbocycles. The Bertz CT molecular complexity index is 312. The number of nitrogens with zero attached hydrogens (tertiary/aromatic N) is 1. The molecular formula is C11H15BrFN. The lowest BCUT2D eigenvalue weighted by atomic mass is 10.0. The summed E-state index contributed by atoms with van der Waals surface area (Å²) in [6, 6.07) is 4.94. The van der Waals surface area contributed by atoms with Crippen LogP contribution in [0.1, 0.15) is 18.4 Å². The molecule has 0 radical (unpaired) electrons. The van der Waals surface area contributed by atoms with Crippen molar-refractivity contribution in [3.05, 3.63) is 29.6 Å². The van der Waals surface area contributed by atoms with Crippen LogP contribution in [-0.2, 0) is 0 Å². The number of benzene rings is 1. The maximum Gasteiger partial charge on any atom is 0.123 e. The van der Waals surface area contributed by atoms with Crippen LogP contribution >= 0.6 is 15.9 Å². The maximum atomic E-state index is 13.1. The van der Waals surface area contributed by atoms with Crippen LogP contribution in [-0.4, -0.2) is 19.4 Å². The van der Waals surface area contributed by atoms with Crippen LogP contribution in [0.25, 0.3) is 0 Å². The Kier molecular flexibility index (Phi) is 3.93. The topological polar surface area (TPSA) is 3.24 Å². The fourth-order valence-electron chi connectivity index (χ4n) is 1.41. The molecular weight excluding hydrogens is 245 g/mol. The highest BCUT2D eigenvalue weighted by atomic mass is 79.9. The summed E-state index contributed by atoms with van der Waals surface area (Å²) in [5.74, 6) is 0.154. The van der Waals surface area contributed by atoms with E-state index in [0.29, 0.717) is 5.92 Å². The van der Waals surface area contributed by atoms with E-state index in [0.717, 1.165) is 16.6 Å². The van der Waals surface area contributed by atoms with Gasteiger partial charge in [-0.05, 0) is 29.7 Å². The van der Waals surface area contributed by atoms with E-state index in [1.807, 2.05) is 25.1 Å². The summed E-state index contributed by atoms with van der Waals surface area (Å²) in [6.45, 7) is 2.08. The molecule has 3 heteroatoms. The number of rotatable bonds is 3. The van der Waals surface area contributed by atoms with E-state index < -0.39 is 0 Å². The van der Waals surface area contributed by atoms with Gasteiger partial charge >= 0.3 is 0 Å². The molecule has 0 saturated carbocycles. The minimum Gasteiger partial charge on any atom is -0.377 e. The molecule has 0 bridgehead atoms. The summed E-state index contributed by atoms with van der Waals surface area (Å²) in [7, 11) is 3.94. The van der Waals surface area contributed by atoms with E-state index in [-0.39, 0.29) is 5.82 Å². The Hall–Kier alpha value is -0.570. The molecule has 0 N–H and O–H groups in total. The van der Waals surface area contributed by atoms with Gasteiger partial charge in [0.15, 0.2) is 0 Å². The van der Waals surface area contributed by atoms with E-state index in [1.54, 1.807) is 6.07 Å². The first-order valence-corrected chi connectivity index (χ1v) is 5.71. The zero-order valence-corrected chi connectivity index (χ0v) is 10.3. The molecule has 0 saturated heterocycles. The predicted octanol–water partition coefficient (Wildman–Crippen LogP) is 3.39. The van der Waals surface area contributed by atoms with Crippen molar-refractivity contribution in [1.29, 1.82) is 0 Å². The van der Waals surface area contributed by atoms with Crippen molar-refractivity contribution in [1.82, 2.24) is 0 Å². The van der Waals surface area contributed by atoms with Gasteiger partial charge in [0.05, 0.1) is 0 Å². The predicted molar refractivity (Wildman–Crippen MR) is 62.9 cm³/mol. The van der Waals surface area contributed by atoms with Crippen molar-refractivity contribution in [2.24, 2.45) is 0 Å². The van der Waals surface area contributed by atoms with Crippen molar-refractivity contribution >= 4 is 21.6 Å². The van der Waals surface area contributed by atoms with Crippen molar-refractivity contribution in [2.45, 2.75) is 12.8 Å². The number of alkyl halides is 1. The smallest absolute Gasteiger partial charge is 0.123 e. The van der Waals surface area contributed by atoms with E-state index >= 15 is 0 Å². The summed E-state index contributed by atoms with van der Waals surface area (Å²) in [4.78, 5) is 2.01. The van der Waals surface area contributed by atoms with Crippen LogP contribution in [0.15, 0.2) is 18.2 Å². The molecule has 1 nitrogen and oxygen atoms in total. The number of hydrogen-bond donors (Lipinski definition) is 0. The molecule has 0 aromatic heterocycles. The summed E-state index contributed by atoms with van der Waals surface area (Å²) < 4.78 is 13.1. The van der Waals surface area contributed by atoms with Crippen molar-refractivity contribution in [3.63, 3.8) is 0 Å². The van der Waals surface area contributed by atoms with E-state index in [1.165, 1.54) is 6.07 Å². The zero-order valence-electron chi connectivity index (χ0n) is 8.72. The van der Waals surface area contributed by atoms with E-state index in [9.17, 15) is 4.39 Å². The normalized spacial score (nSPS) is 12.6. The van der Waals surface area contributed by atoms with Gasteiger partial charge in [0.1, 0.15) is 5.82 Å². The molecule has 1 aromatic rings. The molecule has 1 aromatic carbocycles. The van der Waals surface area contributed by atoms with Gasteiger partial charge in [-0.1, -0.05) is 22.9 Å². The quantitative estimate of drug-likeness (QED) is 0.753. The molecule has 0 aliphatic heterocycles. The molecule has 0 fully saturated rings. The average Bonchev–Trinajstić information content (AvgIpc) is 2.16. The van der Waals surface area contributed by atoms with Gasteiger partial charge in [0, 0.05) is 25.1 Å². The molecule has 0 amide bonds. The van der Waals surface area contributed by atoms with Crippen LogP contribution in [0.4, 0.5) is 10.1 Å². The fourth-order valence-corrected chi connectivity index (χ4v) is 1.76. The Balaban J connectivity index is 3.15. The Morgan fingerprint density at radius 3 is 2.57 bits per heavy atom. The Labute approximate surface area is 93.0 Å². The summed E-state index contributed by atoms with van der Waals surface area (Å²) >= 11 is 3.42. The lowest BCUT2D eigenvalue weighted by molar-refractivity contribution is 0.623. The third-order valence-electron chi connectivity index (χ3n) is 2.23. The first-order valence-electron chi connectivity index (χ1n) is 4.59. The molecule has 14 heavy (non-hydrogen) atoms. The second kappa shape index (κ2) is 4.78. The third kappa shape index (κ3) is 2.47. The van der Waals surface area contributed by atoms with Gasteiger partial charge in [-0.2, -0.15) is 0 Å². The Morgan fingerprint density at radius 2 is 2.07 bits per heavy atom. The third-order valence-corrected chi connectivity index (χ3v) is 3.20. The molecule has 78 valence electrons. The number of hydrogen-bond acceptors (Lipinski definition) is 1. The Morgan fingerprint density at radius 1 is 1.43 bits per heavy atom. The van der Waals surface area contributed by atoms with Crippen molar-refractivity contribution in [3.8, 4) is 0 Å². The van der Waals surface area contributed by atoms with Crippen LogP contribution in [0, 0.1) is 5.82 Å². The van der Waals surface area contributed by atoms with Gasteiger partial charge in [-0.3, -0.25) is 0 Å². The highest BCUT2D eigenvalue weighted by Gasteiger charge is 2.11. The van der Waals surface area contributed by atoms with Crippen LogP contribution in [0.2, 0.25) is 0 Å². The second-order valence-electron chi connectivity index (χ2n) is 3.65. The maximum absolute atomic E-state index is 13.1. The number of halogens is 2. The summed E-state index contributed by atoms with van der Waals surface area (Å²) in [6.07, 6.45) is 0. The lowest BCUT2D eigenvalue weighted by Gasteiger charge is -2.20. The number of anilines is 1. The molecule has 0 heterocycles. The van der Waals surface area contributed by atoms with Crippen LogP contribution in [0.5, 0.6) is 0 Å². The molecule has 1 rings (SSSR count). The highest BCUT2D eigenvalue weighted by Crippen LogP contribution is 2.28. The average molecular weight is 260 g/mol. The van der Waals surface area contributed by atoms with Crippen molar-refractivity contribution < 1.29 is 4.39 Å². The molecule has 1 unspecified atom stereocenters. The van der Waals surface area contributed by atoms with Crippen LogP contribution in [0.3, 0.4) is 0 Å². The summed E-state index contributed by atoms with van der Waals surface area (Å²) in [5.41, 5.74) is 2.13. The molecule has 0 aliphatic rings. The second-order valence-corrected chi connectivity index (χ2v) is 4.30. The van der Waals surface area contributed by atoms with Gasteiger partial charge in [0.2, 0.25) is 0 Å². The molecule has 0 spiro atoms. The first-order chi connectivity index (χ1) is 6.56. The monoisotopic (exact) mass is 259 g/mol. The first kappa shape index (κ1) is 11.5. The van der Waals surface area contributed by atoms with Gasteiger partial charge in [-0.15, -0.1) is 0 Å².